The fourth-order valence-corrected chi connectivity index (χ4v) is 5.76. The van der Waals surface area contributed by atoms with Gasteiger partial charge >= 0.3 is 0 Å². The molecule has 2 heterocycles. The maximum absolute atomic E-state index is 14.6. The molecule has 2 fully saturated rings. The lowest BCUT2D eigenvalue weighted by Crippen LogP contribution is -2.56. The smallest absolute Gasteiger partial charge is 0.252 e. The predicted molar refractivity (Wildman–Crippen MR) is 154 cm³/mol. The van der Waals surface area contributed by atoms with Crippen molar-refractivity contribution < 1.29 is 28.3 Å². The van der Waals surface area contributed by atoms with Crippen LogP contribution in [0.4, 0.5) is 20.3 Å². The number of carbonyl (C=O) groups is 3. The molecule has 1 aliphatic heterocycles. The van der Waals surface area contributed by atoms with Crippen LogP contribution in [-0.4, -0.2) is 52.4 Å². The zero-order chi connectivity index (χ0) is 30.7. The summed E-state index contributed by atoms with van der Waals surface area (Å²) in [7, 11) is 0. The Hall–Kier alpha value is -4.40. The lowest BCUT2D eigenvalue weighted by atomic mass is 9.87. The highest BCUT2D eigenvalue weighted by molar-refractivity contribution is 6.31. The average Bonchev–Trinajstić information content (AvgIpc) is 3.36. The number of carbonyl (C=O) groups excluding carboxylic acids is 3. The molecule has 1 unspecified atom stereocenters. The number of rotatable bonds is 9. The molecule has 1 saturated carbocycles. The van der Waals surface area contributed by atoms with Gasteiger partial charge in [0.2, 0.25) is 11.8 Å². The van der Waals surface area contributed by atoms with Gasteiger partial charge in [-0.05, 0) is 48.7 Å². The van der Waals surface area contributed by atoms with Crippen LogP contribution in [0.2, 0.25) is 5.02 Å². The van der Waals surface area contributed by atoms with E-state index in [2.05, 4.69) is 10.3 Å². The minimum atomic E-state index is -2.89. The van der Waals surface area contributed by atoms with Gasteiger partial charge in [-0.2, -0.15) is 5.26 Å². The van der Waals surface area contributed by atoms with Gasteiger partial charge in [0.15, 0.2) is 0 Å². The number of anilines is 2. The topological polar surface area (TPSA) is 127 Å². The summed E-state index contributed by atoms with van der Waals surface area (Å²) >= 11 is 6.57. The summed E-state index contributed by atoms with van der Waals surface area (Å²) in [5.74, 6) is -4.50. The standard InChI is InChI=1S/C31H28ClF2N5O4/c32-24-7-2-1-6-23(24)28(29(42)37-21-16-31(33,34)17-21)38(22-5-3-4-19(14-22)11-13-40)30(43)25-8-9-27(41)39(25)26-15-20(18-35)10-12-36-26/h1-7,10,12,14-15,21,25,28,40H,8-9,11,13,16-17H2,(H,37,42)/t25-,28?/m0/s1. The summed E-state index contributed by atoms with van der Waals surface area (Å²) in [6.45, 7) is -0.159. The number of nitrogens with one attached hydrogen (secondary N) is 1. The minimum Gasteiger partial charge on any atom is -0.396 e. The van der Waals surface area contributed by atoms with Crippen LogP contribution in [0.1, 0.15) is 48.4 Å². The van der Waals surface area contributed by atoms with Gasteiger partial charge in [0.25, 0.3) is 11.8 Å². The molecule has 0 spiro atoms. The molecule has 1 aromatic heterocycles. The third kappa shape index (κ3) is 6.35. The summed E-state index contributed by atoms with van der Waals surface area (Å²) in [4.78, 5) is 48.4. The molecule has 1 aliphatic carbocycles. The molecular formula is C31H28ClF2N5O4. The highest BCUT2D eigenvalue weighted by atomic mass is 35.5. The second kappa shape index (κ2) is 12.5. The van der Waals surface area contributed by atoms with Crippen molar-refractivity contribution in [3.8, 4) is 6.07 Å². The van der Waals surface area contributed by atoms with Gasteiger partial charge in [-0.3, -0.25) is 24.2 Å². The number of aromatic nitrogens is 1. The van der Waals surface area contributed by atoms with E-state index in [0.29, 0.717) is 5.56 Å². The lowest BCUT2D eigenvalue weighted by molar-refractivity contribution is -0.133. The fourth-order valence-electron chi connectivity index (χ4n) is 5.52. The first-order valence-corrected chi connectivity index (χ1v) is 14.1. The third-order valence-electron chi connectivity index (χ3n) is 7.59. The molecule has 0 radical (unpaired) electrons. The Bertz CT molecular complexity index is 1590. The van der Waals surface area contributed by atoms with Gasteiger partial charge < -0.3 is 10.4 Å². The first-order chi connectivity index (χ1) is 20.6. The van der Waals surface area contributed by atoms with Crippen molar-refractivity contribution in [1.82, 2.24) is 10.3 Å². The Kier molecular flexibility index (Phi) is 8.71. The molecular weight excluding hydrogens is 580 g/mol. The SMILES string of the molecule is N#Cc1ccnc(N2C(=O)CC[C@H]2C(=O)N(c2cccc(CCO)c2)C(C(=O)NC2CC(F)(F)C2)c2ccccc2Cl)c1. The van der Waals surface area contributed by atoms with E-state index in [4.69, 9.17) is 11.6 Å². The van der Waals surface area contributed by atoms with Crippen molar-refractivity contribution in [1.29, 1.82) is 5.26 Å². The number of halogens is 3. The van der Waals surface area contributed by atoms with E-state index in [1.165, 1.54) is 28.1 Å². The van der Waals surface area contributed by atoms with Crippen LogP contribution in [-0.2, 0) is 20.8 Å². The summed E-state index contributed by atoms with van der Waals surface area (Å²) < 4.78 is 27.3. The van der Waals surface area contributed by atoms with Crippen LogP contribution in [0.25, 0.3) is 0 Å². The molecule has 2 N–H and O–H groups in total. The van der Waals surface area contributed by atoms with Crippen LogP contribution >= 0.6 is 11.6 Å². The van der Waals surface area contributed by atoms with Gasteiger partial charge in [-0.25, -0.2) is 13.8 Å². The molecule has 1 saturated heterocycles. The number of amides is 3. The van der Waals surface area contributed by atoms with Gasteiger partial charge in [-0.15, -0.1) is 0 Å². The normalized spacial score (nSPS) is 18.4. The second-order valence-corrected chi connectivity index (χ2v) is 11.0. The molecule has 9 nitrogen and oxygen atoms in total. The van der Waals surface area contributed by atoms with Crippen LogP contribution in [0.15, 0.2) is 66.9 Å². The third-order valence-corrected chi connectivity index (χ3v) is 7.93. The van der Waals surface area contributed by atoms with Gasteiger partial charge in [0, 0.05) is 54.4 Å². The van der Waals surface area contributed by atoms with Crippen LogP contribution in [0.5, 0.6) is 0 Å². The first kappa shape index (κ1) is 30.1. The van der Waals surface area contributed by atoms with Crippen molar-refractivity contribution in [3.05, 3.63) is 88.6 Å². The Morgan fingerprint density at radius 1 is 1.19 bits per heavy atom. The number of aliphatic hydroxyl groups is 1. The van der Waals surface area contributed by atoms with E-state index in [1.54, 1.807) is 48.5 Å². The van der Waals surface area contributed by atoms with E-state index >= 15 is 0 Å². The number of nitrogens with zero attached hydrogens (tertiary/aromatic N) is 4. The predicted octanol–water partition coefficient (Wildman–Crippen LogP) is 4.33. The quantitative estimate of drug-likeness (QED) is 0.373. The summed E-state index contributed by atoms with van der Waals surface area (Å²) in [6.07, 6.45) is 0.710. The molecule has 2 aromatic carbocycles. The minimum absolute atomic E-state index is 0.0212. The van der Waals surface area contributed by atoms with Crippen molar-refractivity contribution in [3.63, 3.8) is 0 Å². The zero-order valence-electron chi connectivity index (χ0n) is 22.9. The molecule has 2 aliphatic rings. The van der Waals surface area contributed by atoms with Crippen LogP contribution in [0, 0.1) is 11.3 Å². The molecule has 43 heavy (non-hydrogen) atoms. The molecule has 222 valence electrons. The Balaban J connectivity index is 1.62. The molecule has 5 rings (SSSR count). The number of nitriles is 1. The first-order valence-electron chi connectivity index (χ1n) is 13.8. The monoisotopic (exact) mass is 607 g/mol. The number of aliphatic hydroxyl groups excluding tert-OH is 1. The van der Waals surface area contributed by atoms with Gasteiger partial charge in [-0.1, -0.05) is 41.9 Å². The molecule has 12 heteroatoms. The number of benzene rings is 2. The number of hydrogen-bond donors (Lipinski definition) is 2. The molecule has 3 aromatic rings. The van der Waals surface area contributed by atoms with Gasteiger partial charge in [0.05, 0.1) is 11.6 Å². The fraction of sp³-hybridized carbons (Fsp3) is 0.323. The zero-order valence-corrected chi connectivity index (χ0v) is 23.7. The maximum atomic E-state index is 14.6. The summed E-state index contributed by atoms with van der Waals surface area (Å²) in [6, 6.07) is 14.7. The average molecular weight is 608 g/mol. The molecule has 0 bridgehead atoms. The maximum Gasteiger partial charge on any atom is 0.252 e. The van der Waals surface area contributed by atoms with Crippen molar-refractivity contribution in [2.75, 3.05) is 16.4 Å². The number of pyridine rings is 1. The highest BCUT2D eigenvalue weighted by Gasteiger charge is 2.48. The van der Waals surface area contributed by atoms with E-state index in [1.807, 2.05) is 6.07 Å². The van der Waals surface area contributed by atoms with Crippen molar-refractivity contribution in [2.24, 2.45) is 0 Å². The molecule has 3 amide bonds. The Labute approximate surface area is 251 Å². The summed E-state index contributed by atoms with van der Waals surface area (Å²) in [5, 5.41) is 21.8. The van der Waals surface area contributed by atoms with Crippen molar-refractivity contribution in [2.45, 2.75) is 56.2 Å². The number of alkyl halides is 2. The second-order valence-electron chi connectivity index (χ2n) is 10.6. The number of hydrogen-bond acceptors (Lipinski definition) is 6. The van der Waals surface area contributed by atoms with E-state index in [9.17, 15) is 33.5 Å². The van der Waals surface area contributed by atoms with Crippen LogP contribution < -0.4 is 15.1 Å². The van der Waals surface area contributed by atoms with Gasteiger partial charge in [0.1, 0.15) is 17.9 Å². The van der Waals surface area contributed by atoms with E-state index in [0.717, 1.165) is 0 Å². The molecule has 2 atom stereocenters. The largest absolute Gasteiger partial charge is 0.396 e. The summed E-state index contributed by atoms with van der Waals surface area (Å²) in [5.41, 5.74) is 1.47. The lowest BCUT2D eigenvalue weighted by Gasteiger charge is -2.39. The van der Waals surface area contributed by atoms with Crippen molar-refractivity contribution >= 4 is 40.8 Å². The Morgan fingerprint density at radius 3 is 2.65 bits per heavy atom. The van der Waals surface area contributed by atoms with Crippen LogP contribution in [0.3, 0.4) is 0 Å². The highest BCUT2D eigenvalue weighted by Crippen LogP contribution is 2.40. The van der Waals surface area contributed by atoms with E-state index in [-0.39, 0.29) is 59.4 Å². The Morgan fingerprint density at radius 2 is 1.95 bits per heavy atom. The van der Waals surface area contributed by atoms with E-state index < -0.39 is 48.7 Å².